The SMILES string of the molecule is CN=C(NCCOC1CCCCCC1)NCc1ccc(N2CC(C)OC(C)C2)nc1. The molecule has 1 aromatic heterocycles. The number of rotatable bonds is 7. The molecule has 2 unspecified atom stereocenters. The Morgan fingerprint density at radius 1 is 1.13 bits per heavy atom. The third kappa shape index (κ3) is 7.43. The number of aromatic nitrogens is 1. The molecule has 0 bridgehead atoms. The summed E-state index contributed by atoms with van der Waals surface area (Å²) in [6.45, 7) is 8.16. The molecule has 0 aromatic carbocycles. The van der Waals surface area contributed by atoms with E-state index in [0.717, 1.165) is 43.6 Å². The fraction of sp³-hybridized carbons (Fsp3) is 0.739. The molecule has 1 aromatic rings. The predicted octanol–water partition coefficient (Wildman–Crippen LogP) is 3.10. The molecule has 0 amide bonds. The Morgan fingerprint density at radius 3 is 2.50 bits per heavy atom. The maximum Gasteiger partial charge on any atom is 0.191 e. The van der Waals surface area contributed by atoms with Gasteiger partial charge in [-0.3, -0.25) is 4.99 Å². The van der Waals surface area contributed by atoms with Crippen molar-refractivity contribution in [3.63, 3.8) is 0 Å². The van der Waals surface area contributed by atoms with E-state index in [2.05, 4.69) is 51.5 Å². The van der Waals surface area contributed by atoms with Crippen LogP contribution in [0.15, 0.2) is 23.3 Å². The van der Waals surface area contributed by atoms with Crippen molar-refractivity contribution in [1.29, 1.82) is 0 Å². The zero-order valence-electron chi connectivity index (χ0n) is 18.9. The van der Waals surface area contributed by atoms with Crippen LogP contribution in [0.1, 0.15) is 57.9 Å². The fourth-order valence-electron chi connectivity index (χ4n) is 4.28. The molecule has 1 saturated heterocycles. The third-order valence-corrected chi connectivity index (χ3v) is 5.79. The molecule has 2 atom stereocenters. The van der Waals surface area contributed by atoms with Gasteiger partial charge in [-0.2, -0.15) is 0 Å². The predicted molar refractivity (Wildman–Crippen MR) is 122 cm³/mol. The van der Waals surface area contributed by atoms with Crippen molar-refractivity contribution >= 4 is 11.8 Å². The topological polar surface area (TPSA) is 71.0 Å². The molecule has 2 heterocycles. The first-order valence-corrected chi connectivity index (χ1v) is 11.6. The van der Waals surface area contributed by atoms with Crippen LogP contribution in [0, 0.1) is 0 Å². The summed E-state index contributed by atoms with van der Waals surface area (Å²) >= 11 is 0. The largest absolute Gasteiger partial charge is 0.376 e. The summed E-state index contributed by atoms with van der Waals surface area (Å²) in [7, 11) is 1.80. The standard InChI is InChI=1S/C23H39N5O2/c1-18-16-28(17-19(2)30-18)22-11-10-20(14-26-22)15-27-23(24-3)25-12-13-29-21-8-6-4-5-7-9-21/h10-11,14,18-19,21H,4-9,12-13,15-17H2,1-3H3,(H2,24,25,27). The monoisotopic (exact) mass is 417 g/mol. The minimum atomic E-state index is 0.234. The van der Waals surface area contributed by atoms with Gasteiger partial charge in [0.2, 0.25) is 0 Å². The highest BCUT2D eigenvalue weighted by Gasteiger charge is 2.23. The van der Waals surface area contributed by atoms with E-state index < -0.39 is 0 Å². The first kappa shape index (κ1) is 22.8. The average molecular weight is 418 g/mol. The van der Waals surface area contributed by atoms with E-state index in [1.165, 1.54) is 38.5 Å². The number of morpholine rings is 1. The summed E-state index contributed by atoms with van der Waals surface area (Å²) in [5, 5.41) is 6.70. The van der Waals surface area contributed by atoms with E-state index in [1.807, 2.05) is 6.20 Å². The Bertz CT molecular complexity index is 633. The molecule has 2 aliphatic rings. The van der Waals surface area contributed by atoms with Crippen LogP contribution in [-0.4, -0.2) is 62.5 Å². The Balaban J connectivity index is 1.37. The maximum absolute atomic E-state index is 6.04. The van der Waals surface area contributed by atoms with Gasteiger partial charge in [0.1, 0.15) is 5.82 Å². The summed E-state index contributed by atoms with van der Waals surface area (Å²) in [5.74, 6) is 1.80. The van der Waals surface area contributed by atoms with Crippen molar-refractivity contribution in [2.45, 2.75) is 77.2 Å². The molecule has 1 aliphatic carbocycles. The number of guanidine groups is 1. The number of hydrogen-bond acceptors (Lipinski definition) is 5. The molecule has 2 N–H and O–H groups in total. The molecule has 1 saturated carbocycles. The van der Waals surface area contributed by atoms with E-state index in [1.54, 1.807) is 7.05 Å². The first-order chi connectivity index (χ1) is 14.6. The molecular formula is C23H39N5O2. The molecule has 1 aliphatic heterocycles. The zero-order valence-corrected chi connectivity index (χ0v) is 18.9. The summed E-state index contributed by atoms with van der Waals surface area (Å²) in [4.78, 5) is 11.3. The van der Waals surface area contributed by atoms with Gasteiger partial charge >= 0.3 is 0 Å². The number of nitrogens with zero attached hydrogens (tertiary/aromatic N) is 3. The number of ether oxygens (including phenoxy) is 2. The number of nitrogens with one attached hydrogen (secondary N) is 2. The van der Waals surface area contributed by atoms with Crippen molar-refractivity contribution < 1.29 is 9.47 Å². The van der Waals surface area contributed by atoms with Crippen LogP contribution in [0.2, 0.25) is 0 Å². The second-order valence-electron chi connectivity index (χ2n) is 8.52. The fourth-order valence-corrected chi connectivity index (χ4v) is 4.28. The van der Waals surface area contributed by atoms with Crippen LogP contribution in [0.4, 0.5) is 5.82 Å². The first-order valence-electron chi connectivity index (χ1n) is 11.6. The summed E-state index contributed by atoms with van der Waals surface area (Å²) in [5.41, 5.74) is 1.13. The van der Waals surface area contributed by atoms with Crippen molar-refractivity contribution in [1.82, 2.24) is 15.6 Å². The lowest BCUT2D eigenvalue weighted by Gasteiger charge is -2.36. The normalized spacial score (nSPS) is 23.8. The molecule has 7 heteroatoms. The van der Waals surface area contributed by atoms with Gasteiger partial charge in [-0.05, 0) is 38.3 Å². The van der Waals surface area contributed by atoms with E-state index in [-0.39, 0.29) is 12.2 Å². The molecular weight excluding hydrogens is 378 g/mol. The van der Waals surface area contributed by atoms with Crippen LogP contribution in [0.25, 0.3) is 0 Å². The van der Waals surface area contributed by atoms with E-state index >= 15 is 0 Å². The average Bonchev–Trinajstić information content (AvgIpc) is 3.02. The highest BCUT2D eigenvalue weighted by atomic mass is 16.5. The number of aliphatic imine (C=N–C) groups is 1. The van der Waals surface area contributed by atoms with Crippen molar-refractivity contribution in [3.05, 3.63) is 23.9 Å². The van der Waals surface area contributed by atoms with Crippen LogP contribution < -0.4 is 15.5 Å². The molecule has 168 valence electrons. The lowest BCUT2D eigenvalue weighted by molar-refractivity contribution is -0.00546. The van der Waals surface area contributed by atoms with Gasteiger partial charge in [0.05, 0.1) is 24.9 Å². The van der Waals surface area contributed by atoms with Gasteiger partial charge in [-0.1, -0.05) is 31.7 Å². The lowest BCUT2D eigenvalue weighted by atomic mass is 10.1. The van der Waals surface area contributed by atoms with Gasteiger partial charge in [0.15, 0.2) is 5.96 Å². The summed E-state index contributed by atoms with van der Waals surface area (Å²) in [6, 6.07) is 4.22. The van der Waals surface area contributed by atoms with E-state index in [4.69, 9.17) is 9.47 Å². The Hall–Kier alpha value is -1.86. The van der Waals surface area contributed by atoms with Gasteiger partial charge in [0, 0.05) is 39.4 Å². The third-order valence-electron chi connectivity index (χ3n) is 5.79. The Kier molecular flexibility index (Phi) is 9.21. The van der Waals surface area contributed by atoms with Crippen molar-refractivity contribution in [2.24, 2.45) is 4.99 Å². The highest BCUT2D eigenvalue weighted by Crippen LogP contribution is 2.20. The van der Waals surface area contributed by atoms with Crippen molar-refractivity contribution in [3.8, 4) is 0 Å². The van der Waals surface area contributed by atoms with E-state index in [0.29, 0.717) is 12.6 Å². The smallest absolute Gasteiger partial charge is 0.191 e. The van der Waals surface area contributed by atoms with Crippen LogP contribution in [0.3, 0.4) is 0 Å². The second-order valence-corrected chi connectivity index (χ2v) is 8.52. The lowest BCUT2D eigenvalue weighted by Crippen LogP contribution is -2.45. The molecule has 3 rings (SSSR count). The van der Waals surface area contributed by atoms with Crippen molar-refractivity contribution in [2.75, 3.05) is 38.2 Å². The second kappa shape index (κ2) is 12.1. The van der Waals surface area contributed by atoms with Crippen LogP contribution in [-0.2, 0) is 16.0 Å². The van der Waals surface area contributed by atoms with Crippen LogP contribution >= 0.6 is 0 Å². The van der Waals surface area contributed by atoms with E-state index in [9.17, 15) is 0 Å². The molecule has 7 nitrogen and oxygen atoms in total. The maximum atomic E-state index is 6.04. The number of anilines is 1. The van der Waals surface area contributed by atoms with Gasteiger partial charge < -0.3 is 25.0 Å². The highest BCUT2D eigenvalue weighted by molar-refractivity contribution is 5.79. The molecule has 0 radical (unpaired) electrons. The quantitative estimate of drug-likeness (QED) is 0.307. The zero-order chi connectivity index (χ0) is 21.2. The summed E-state index contributed by atoms with van der Waals surface area (Å²) in [6.07, 6.45) is 10.6. The Morgan fingerprint density at radius 2 is 1.87 bits per heavy atom. The van der Waals surface area contributed by atoms with Gasteiger partial charge in [-0.15, -0.1) is 0 Å². The Labute approximate surface area is 181 Å². The molecule has 30 heavy (non-hydrogen) atoms. The minimum absolute atomic E-state index is 0.234. The minimum Gasteiger partial charge on any atom is -0.376 e. The van der Waals surface area contributed by atoms with Gasteiger partial charge in [-0.25, -0.2) is 4.98 Å². The van der Waals surface area contributed by atoms with Crippen LogP contribution in [0.5, 0.6) is 0 Å². The summed E-state index contributed by atoms with van der Waals surface area (Å²) < 4.78 is 11.8. The van der Waals surface area contributed by atoms with Gasteiger partial charge in [0.25, 0.3) is 0 Å². The number of hydrogen-bond donors (Lipinski definition) is 2. The number of pyridine rings is 1. The molecule has 2 fully saturated rings. The molecule has 0 spiro atoms.